The average molecular weight is 360 g/mol. The standard InChI is InChI=1S/C10H18IO4P/c1-4-13-16(12,14-5-2)15-9-7-6-8(3)10(9)11/h9H,4-7H2,1-3H3/t9-/m0/s1. The van der Waals surface area contributed by atoms with Gasteiger partial charge in [-0.05, 0) is 56.2 Å². The van der Waals surface area contributed by atoms with Crippen molar-refractivity contribution in [1.29, 1.82) is 0 Å². The third-order valence-corrected chi connectivity index (χ3v) is 5.58. The predicted octanol–water partition coefficient (Wildman–Crippen LogP) is 4.06. The molecule has 1 aliphatic rings. The molecule has 0 saturated carbocycles. The topological polar surface area (TPSA) is 44.8 Å². The summed E-state index contributed by atoms with van der Waals surface area (Å²) in [6.45, 7) is 6.26. The van der Waals surface area contributed by atoms with Gasteiger partial charge in [-0.3, -0.25) is 13.6 Å². The van der Waals surface area contributed by atoms with E-state index in [2.05, 4.69) is 29.5 Å². The molecule has 1 atom stereocenters. The third-order valence-electron chi connectivity index (χ3n) is 2.30. The average Bonchev–Trinajstić information content (AvgIpc) is 2.50. The van der Waals surface area contributed by atoms with Crippen LogP contribution in [-0.2, 0) is 18.1 Å². The molecule has 0 amide bonds. The lowest BCUT2D eigenvalue weighted by molar-refractivity contribution is 0.100. The van der Waals surface area contributed by atoms with Crippen LogP contribution in [0.5, 0.6) is 0 Å². The number of halogens is 1. The first-order valence-corrected chi connectivity index (χ1v) is 7.99. The van der Waals surface area contributed by atoms with E-state index in [0.717, 1.165) is 16.4 Å². The van der Waals surface area contributed by atoms with Gasteiger partial charge >= 0.3 is 7.82 Å². The van der Waals surface area contributed by atoms with Crippen molar-refractivity contribution in [2.75, 3.05) is 13.2 Å². The molecule has 0 fully saturated rings. The molecule has 16 heavy (non-hydrogen) atoms. The maximum Gasteiger partial charge on any atom is 0.475 e. The van der Waals surface area contributed by atoms with E-state index in [1.54, 1.807) is 13.8 Å². The number of rotatable bonds is 6. The first-order chi connectivity index (χ1) is 7.52. The molecule has 0 heterocycles. The summed E-state index contributed by atoms with van der Waals surface area (Å²) in [5.74, 6) is 0. The molecule has 4 nitrogen and oxygen atoms in total. The molecule has 0 N–H and O–H groups in total. The van der Waals surface area contributed by atoms with Gasteiger partial charge in [0.15, 0.2) is 0 Å². The number of hydrogen-bond acceptors (Lipinski definition) is 4. The largest absolute Gasteiger partial charge is 0.475 e. The first kappa shape index (κ1) is 14.6. The molecule has 0 radical (unpaired) electrons. The zero-order chi connectivity index (χ0) is 12.2. The summed E-state index contributed by atoms with van der Waals surface area (Å²) in [6, 6.07) is 0. The van der Waals surface area contributed by atoms with Crippen molar-refractivity contribution in [3.8, 4) is 0 Å². The minimum Gasteiger partial charge on any atom is -0.287 e. The van der Waals surface area contributed by atoms with Gasteiger partial charge in [-0.25, -0.2) is 4.57 Å². The summed E-state index contributed by atoms with van der Waals surface area (Å²) < 4.78 is 29.0. The van der Waals surface area contributed by atoms with Crippen molar-refractivity contribution in [3.05, 3.63) is 9.15 Å². The minimum absolute atomic E-state index is 0.135. The number of phosphoric acid groups is 1. The molecule has 6 heteroatoms. The van der Waals surface area contributed by atoms with Gasteiger partial charge in [0.1, 0.15) is 6.10 Å². The zero-order valence-electron chi connectivity index (χ0n) is 9.86. The summed E-state index contributed by atoms with van der Waals surface area (Å²) in [6.07, 6.45) is 1.71. The van der Waals surface area contributed by atoms with Gasteiger partial charge in [-0.1, -0.05) is 5.57 Å². The lowest BCUT2D eigenvalue weighted by atomic mass is 10.3. The smallest absolute Gasteiger partial charge is 0.287 e. The second-order valence-electron chi connectivity index (χ2n) is 3.54. The summed E-state index contributed by atoms with van der Waals surface area (Å²) in [5, 5.41) is 0. The Hall–Kier alpha value is 0.580. The van der Waals surface area contributed by atoms with Crippen LogP contribution in [0.3, 0.4) is 0 Å². The Kier molecular flexibility index (Phi) is 5.94. The van der Waals surface area contributed by atoms with Crippen LogP contribution < -0.4 is 0 Å². The number of phosphoric ester groups is 1. The van der Waals surface area contributed by atoms with Gasteiger partial charge in [-0.15, -0.1) is 0 Å². The highest BCUT2D eigenvalue weighted by molar-refractivity contribution is 14.1. The Morgan fingerprint density at radius 3 is 2.31 bits per heavy atom. The Labute approximate surface area is 110 Å². The van der Waals surface area contributed by atoms with E-state index in [4.69, 9.17) is 13.6 Å². The Morgan fingerprint density at radius 1 is 1.38 bits per heavy atom. The summed E-state index contributed by atoms with van der Waals surface area (Å²) >= 11 is 2.24. The third kappa shape index (κ3) is 3.81. The summed E-state index contributed by atoms with van der Waals surface area (Å²) in [4.78, 5) is 0. The van der Waals surface area contributed by atoms with Gasteiger partial charge in [0.2, 0.25) is 0 Å². The molecule has 1 rings (SSSR count). The van der Waals surface area contributed by atoms with Crippen LogP contribution in [0, 0.1) is 0 Å². The molecular weight excluding hydrogens is 342 g/mol. The first-order valence-electron chi connectivity index (χ1n) is 5.45. The van der Waals surface area contributed by atoms with Gasteiger partial charge < -0.3 is 0 Å². The normalized spacial score (nSPS) is 21.9. The van der Waals surface area contributed by atoms with E-state index in [9.17, 15) is 4.57 Å². The fourth-order valence-corrected chi connectivity index (χ4v) is 3.80. The van der Waals surface area contributed by atoms with Crippen molar-refractivity contribution >= 4 is 30.4 Å². The zero-order valence-corrected chi connectivity index (χ0v) is 12.9. The Morgan fingerprint density at radius 2 is 1.94 bits per heavy atom. The molecule has 0 spiro atoms. The van der Waals surface area contributed by atoms with E-state index >= 15 is 0 Å². The van der Waals surface area contributed by atoms with E-state index in [0.29, 0.717) is 13.2 Å². The van der Waals surface area contributed by atoms with Crippen molar-refractivity contribution in [3.63, 3.8) is 0 Å². The fourth-order valence-electron chi connectivity index (χ4n) is 1.54. The maximum absolute atomic E-state index is 12.1. The summed E-state index contributed by atoms with van der Waals surface area (Å²) in [5.41, 5.74) is 1.30. The highest BCUT2D eigenvalue weighted by Gasteiger charge is 2.33. The van der Waals surface area contributed by atoms with Crippen LogP contribution in [0.25, 0.3) is 0 Å². The number of allylic oxidation sites excluding steroid dienone is 1. The molecular formula is C10H18IO4P. The molecule has 0 saturated heterocycles. The summed E-state index contributed by atoms with van der Waals surface area (Å²) in [7, 11) is -3.37. The van der Waals surface area contributed by atoms with Crippen molar-refractivity contribution in [2.24, 2.45) is 0 Å². The lowest BCUT2D eigenvalue weighted by Gasteiger charge is -2.20. The molecule has 0 aromatic rings. The van der Waals surface area contributed by atoms with E-state index in [-0.39, 0.29) is 6.10 Å². The SMILES string of the molecule is CCOP(=O)(OCC)O[C@H]1CCC(C)=C1I. The second-order valence-corrected chi connectivity index (χ2v) is 6.33. The Bertz CT molecular complexity index is 306. The molecule has 0 unspecified atom stereocenters. The molecule has 0 aromatic carbocycles. The van der Waals surface area contributed by atoms with E-state index in [1.165, 1.54) is 5.57 Å². The number of hydrogen-bond donors (Lipinski definition) is 0. The molecule has 0 aromatic heterocycles. The molecule has 0 aliphatic heterocycles. The van der Waals surface area contributed by atoms with Gasteiger partial charge in [0.05, 0.1) is 13.2 Å². The predicted molar refractivity (Wildman–Crippen MR) is 71.7 cm³/mol. The molecule has 1 aliphatic carbocycles. The van der Waals surface area contributed by atoms with Crippen LogP contribution in [0.1, 0.15) is 33.6 Å². The van der Waals surface area contributed by atoms with Crippen molar-refractivity contribution in [1.82, 2.24) is 0 Å². The monoisotopic (exact) mass is 360 g/mol. The van der Waals surface area contributed by atoms with Gasteiger partial charge in [0.25, 0.3) is 0 Å². The van der Waals surface area contributed by atoms with Crippen LogP contribution in [0.4, 0.5) is 0 Å². The van der Waals surface area contributed by atoms with E-state index in [1.807, 2.05) is 0 Å². The fraction of sp³-hybridized carbons (Fsp3) is 0.800. The quantitative estimate of drug-likeness (QED) is 0.530. The molecule has 0 bridgehead atoms. The van der Waals surface area contributed by atoms with Crippen LogP contribution in [0.2, 0.25) is 0 Å². The molecule has 94 valence electrons. The maximum atomic E-state index is 12.1. The minimum atomic E-state index is -3.37. The van der Waals surface area contributed by atoms with Crippen LogP contribution >= 0.6 is 30.4 Å². The van der Waals surface area contributed by atoms with Crippen molar-refractivity contribution < 1.29 is 18.1 Å². The second kappa shape index (κ2) is 6.50. The van der Waals surface area contributed by atoms with E-state index < -0.39 is 7.82 Å². The Balaban J connectivity index is 2.66. The highest BCUT2D eigenvalue weighted by atomic mass is 127. The van der Waals surface area contributed by atoms with Crippen LogP contribution in [0.15, 0.2) is 9.15 Å². The van der Waals surface area contributed by atoms with Gasteiger partial charge in [-0.2, -0.15) is 0 Å². The highest BCUT2D eigenvalue weighted by Crippen LogP contribution is 2.53. The van der Waals surface area contributed by atoms with Crippen molar-refractivity contribution in [2.45, 2.75) is 39.7 Å². The van der Waals surface area contributed by atoms with Crippen LogP contribution in [-0.4, -0.2) is 19.3 Å². The van der Waals surface area contributed by atoms with Gasteiger partial charge in [0, 0.05) is 3.58 Å². The lowest BCUT2D eigenvalue weighted by Crippen LogP contribution is -2.10.